The Hall–Kier alpha value is -2.94. The molecule has 1 amide bonds. The van der Waals surface area contributed by atoms with Gasteiger partial charge >= 0.3 is 5.97 Å². The van der Waals surface area contributed by atoms with Crippen molar-refractivity contribution >= 4 is 67.1 Å². The zero-order valence-corrected chi connectivity index (χ0v) is 20.1. The lowest BCUT2D eigenvalue weighted by Crippen LogP contribution is -2.15. The molecule has 4 aromatic rings. The van der Waals surface area contributed by atoms with E-state index in [4.69, 9.17) is 27.1 Å². The average Bonchev–Trinajstić information content (AvgIpc) is 3.36. The van der Waals surface area contributed by atoms with Crippen molar-refractivity contribution in [1.29, 1.82) is 0 Å². The molecule has 0 fully saturated rings. The maximum absolute atomic E-state index is 13.2. The van der Waals surface area contributed by atoms with Crippen LogP contribution in [0.5, 0.6) is 0 Å². The van der Waals surface area contributed by atoms with Crippen LogP contribution in [0.3, 0.4) is 0 Å². The van der Waals surface area contributed by atoms with Gasteiger partial charge in [0, 0.05) is 20.8 Å². The van der Waals surface area contributed by atoms with Crippen molar-refractivity contribution in [3.63, 3.8) is 0 Å². The van der Waals surface area contributed by atoms with E-state index in [9.17, 15) is 9.59 Å². The van der Waals surface area contributed by atoms with Crippen LogP contribution in [0.4, 0.5) is 10.7 Å². The molecule has 0 radical (unpaired) electrons. The van der Waals surface area contributed by atoms with Gasteiger partial charge in [-0.2, -0.15) is 0 Å². The summed E-state index contributed by atoms with van der Waals surface area (Å²) in [5.74, 6) is -0.782. The van der Waals surface area contributed by atoms with Gasteiger partial charge in [-0.05, 0) is 55.5 Å². The first-order valence-corrected chi connectivity index (χ1v) is 12.5. The number of anilines is 2. The molecule has 0 aliphatic heterocycles. The summed E-state index contributed by atoms with van der Waals surface area (Å²) in [7, 11) is 1.36. The Kier molecular flexibility index (Phi) is 5.82. The number of rotatable bonds is 4. The Bertz CT molecular complexity index is 1390. The first-order chi connectivity index (χ1) is 16.0. The summed E-state index contributed by atoms with van der Waals surface area (Å²) in [4.78, 5) is 32.6. The molecule has 1 aliphatic rings. The number of amides is 1. The number of hydrogen-bond acceptors (Lipinski definition) is 7. The number of carbonyl (C=O) groups excluding carboxylic acids is 2. The van der Waals surface area contributed by atoms with Gasteiger partial charge in [0.05, 0.1) is 24.1 Å². The number of nitrogens with one attached hydrogen (secondary N) is 1. The maximum atomic E-state index is 13.2. The molecule has 3 aromatic heterocycles. The van der Waals surface area contributed by atoms with Crippen LogP contribution in [0.25, 0.3) is 21.5 Å². The van der Waals surface area contributed by atoms with Crippen molar-refractivity contribution in [3.8, 4) is 11.3 Å². The molecular weight excluding hydrogens is 478 g/mol. The summed E-state index contributed by atoms with van der Waals surface area (Å²) in [5, 5.41) is 4.82. The Morgan fingerprint density at radius 3 is 2.61 bits per heavy atom. The highest BCUT2D eigenvalue weighted by Gasteiger charge is 2.28. The SMILES string of the molecule is COC(=O)c1c(NC(=O)c2sc3nc(-c4ccc(Cl)cc4)ccc3c2N)sc2c1CCCC2. The molecule has 1 aliphatic carbocycles. The lowest BCUT2D eigenvalue weighted by atomic mass is 9.95. The van der Waals surface area contributed by atoms with Gasteiger partial charge in [0.25, 0.3) is 5.91 Å². The van der Waals surface area contributed by atoms with Crippen LogP contribution in [0, 0.1) is 0 Å². The van der Waals surface area contributed by atoms with Crippen LogP contribution in [0.15, 0.2) is 36.4 Å². The first-order valence-electron chi connectivity index (χ1n) is 10.5. The molecule has 0 saturated carbocycles. The zero-order chi connectivity index (χ0) is 23.1. The standard InChI is InChI=1S/C24H20ClN3O3S2/c1-31-24(30)18-14-4-2-3-5-17(14)32-23(18)28-21(29)20-19(26)15-10-11-16(27-22(15)33-20)12-6-8-13(25)9-7-12/h6-11H,2-5,26H2,1H3,(H,28,29). The molecule has 9 heteroatoms. The molecule has 5 rings (SSSR count). The molecule has 168 valence electrons. The number of aromatic nitrogens is 1. The summed E-state index contributed by atoms with van der Waals surface area (Å²) in [6.45, 7) is 0. The third-order valence-electron chi connectivity index (χ3n) is 5.73. The van der Waals surface area contributed by atoms with E-state index >= 15 is 0 Å². The van der Waals surface area contributed by atoms with E-state index < -0.39 is 5.97 Å². The number of aryl methyl sites for hydroxylation is 1. The van der Waals surface area contributed by atoms with Gasteiger partial charge in [0.15, 0.2) is 0 Å². The van der Waals surface area contributed by atoms with E-state index in [1.165, 1.54) is 29.8 Å². The van der Waals surface area contributed by atoms with E-state index in [1.54, 1.807) is 0 Å². The Labute approximate surface area is 203 Å². The van der Waals surface area contributed by atoms with E-state index in [2.05, 4.69) is 5.32 Å². The van der Waals surface area contributed by atoms with Gasteiger partial charge in [-0.3, -0.25) is 4.79 Å². The number of ether oxygens (including phenoxy) is 1. The number of nitrogens with zero attached hydrogens (tertiary/aromatic N) is 1. The second-order valence-corrected chi connectivity index (χ2v) is 10.3. The molecule has 1 aromatic carbocycles. The highest BCUT2D eigenvalue weighted by atomic mass is 35.5. The molecule has 0 atom stereocenters. The molecule has 0 bridgehead atoms. The quantitative estimate of drug-likeness (QED) is 0.328. The third kappa shape index (κ3) is 3.99. The highest BCUT2D eigenvalue weighted by molar-refractivity contribution is 7.21. The number of fused-ring (bicyclic) bond motifs is 2. The van der Waals surface area contributed by atoms with Crippen molar-refractivity contribution in [2.45, 2.75) is 25.7 Å². The van der Waals surface area contributed by atoms with Crippen molar-refractivity contribution in [1.82, 2.24) is 4.98 Å². The van der Waals surface area contributed by atoms with Crippen LogP contribution in [-0.2, 0) is 17.6 Å². The monoisotopic (exact) mass is 497 g/mol. The number of hydrogen-bond donors (Lipinski definition) is 2. The van der Waals surface area contributed by atoms with Crippen LogP contribution in [-0.4, -0.2) is 24.0 Å². The van der Waals surface area contributed by atoms with Crippen LogP contribution in [0.1, 0.15) is 43.3 Å². The molecule has 33 heavy (non-hydrogen) atoms. The Morgan fingerprint density at radius 1 is 1.09 bits per heavy atom. The molecule has 3 heterocycles. The highest BCUT2D eigenvalue weighted by Crippen LogP contribution is 2.40. The van der Waals surface area contributed by atoms with Crippen LogP contribution in [0.2, 0.25) is 5.02 Å². The second kappa shape index (κ2) is 8.78. The van der Waals surface area contributed by atoms with Crippen LogP contribution >= 0.6 is 34.3 Å². The Balaban J connectivity index is 1.49. The number of nitrogens with two attached hydrogens (primary N) is 1. The normalized spacial score (nSPS) is 13.0. The van der Waals surface area contributed by atoms with Crippen molar-refractivity contribution in [2.75, 3.05) is 18.2 Å². The van der Waals surface area contributed by atoms with E-state index in [0.29, 0.717) is 31.0 Å². The molecule has 3 N–H and O–H groups in total. The van der Waals surface area contributed by atoms with Crippen LogP contribution < -0.4 is 11.1 Å². The van der Waals surface area contributed by atoms with Crippen molar-refractivity contribution in [3.05, 3.63) is 62.3 Å². The van der Waals surface area contributed by atoms with Gasteiger partial charge in [0.1, 0.15) is 14.7 Å². The largest absolute Gasteiger partial charge is 0.465 e. The zero-order valence-electron chi connectivity index (χ0n) is 17.7. The fraction of sp³-hybridized carbons (Fsp3) is 0.208. The van der Waals surface area contributed by atoms with Gasteiger partial charge < -0.3 is 15.8 Å². The van der Waals surface area contributed by atoms with Gasteiger partial charge in [-0.25, -0.2) is 9.78 Å². The second-order valence-electron chi connectivity index (χ2n) is 7.76. The van der Waals surface area contributed by atoms with Gasteiger partial charge in [-0.15, -0.1) is 22.7 Å². The third-order valence-corrected chi connectivity index (χ3v) is 8.30. The summed E-state index contributed by atoms with van der Waals surface area (Å²) in [6, 6.07) is 11.2. The number of benzene rings is 1. The smallest absolute Gasteiger partial charge is 0.341 e. The number of halogens is 1. The summed E-state index contributed by atoms with van der Waals surface area (Å²) in [6.07, 6.45) is 3.81. The lowest BCUT2D eigenvalue weighted by molar-refractivity contribution is 0.0601. The van der Waals surface area contributed by atoms with E-state index in [1.807, 2.05) is 36.4 Å². The summed E-state index contributed by atoms with van der Waals surface area (Å²) in [5.41, 5.74) is 9.86. The van der Waals surface area contributed by atoms with Crippen molar-refractivity contribution < 1.29 is 14.3 Å². The number of pyridine rings is 1. The number of thiophene rings is 2. The molecule has 0 spiro atoms. The molecule has 6 nitrogen and oxygen atoms in total. The lowest BCUT2D eigenvalue weighted by Gasteiger charge is -2.11. The first kappa shape index (κ1) is 21.9. The van der Waals surface area contributed by atoms with Crippen molar-refractivity contribution in [2.24, 2.45) is 0 Å². The van der Waals surface area contributed by atoms with Gasteiger partial charge in [0.2, 0.25) is 0 Å². The predicted molar refractivity (Wildman–Crippen MR) is 135 cm³/mol. The fourth-order valence-electron chi connectivity index (χ4n) is 4.08. The minimum absolute atomic E-state index is 0.354. The maximum Gasteiger partial charge on any atom is 0.341 e. The molecular formula is C24H20ClN3O3S2. The molecule has 0 saturated heterocycles. The van der Waals surface area contributed by atoms with E-state index in [-0.39, 0.29) is 5.91 Å². The average molecular weight is 498 g/mol. The summed E-state index contributed by atoms with van der Waals surface area (Å²) < 4.78 is 5.00. The fourth-order valence-corrected chi connectivity index (χ4v) is 6.47. The predicted octanol–water partition coefficient (Wildman–Crippen LogP) is 6.18. The number of nitrogen functional groups attached to an aromatic ring is 1. The molecule has 0 unspecified atom stereocenters. The number of carbonyl (C=O) groups is 2. The van der Waals surface area contributed by atoms with Gasteiger partial charge in [-0.1, -0.05) is 23.7 Å². The Morgan fingerprint density at radius 2 is 1.85 bits per heavy atom. The van der Waals surface area contributed by atoms with E-state index in [0.717, 1.165) is 52.8 Å². The topological polar surface area (TPSA) is 94.3 Å². The number of esters is 1. The minimum Gasteiger partial charge on any atom is -0.465 e. The number of methoxy groups -OCH3 is 1. The minimum atomic E-state index is -0.428. The summed E-state index contributed by atoms with van der Waals surface area (Å²) >= 11 is 8.66.